The third kappa shape index (κ3) is 3.19. The van der Waals surface area contributed by atoms with Gasteiger partial charge in [0.1, 0.15) is 0 Å². The zero-order valence-electron chi connectivity index (χ0n) is 11.8. The maximum atomic E-state index is 12.9. The van der Waals surface area contributed by atoms with Crippen molar-refractivity contribution < 1.29 is 4.79 Å². The maximum absolute atomic E-state index is 12.9. The van der Waals surface area contributed by atoms with Gasteiger partial charge in [-0.2, -0.15) is 0 Å². The van der Waals surface area contributed by atoms with Crippen molar-refractivity contribution in [2.24, 2.45) is 0 Å². The van der Waals surface area contributed by atoms with Crippen LogP contribution in [-0.2, 0) is 0 Å². The van der Waals surface area contributed by atoms with Gasteiger partial charge in [-0.25, -0.2) is 0 Å². The molecule has 104 valence electrons. The number of nitrogens with zero attached hydrogens (tertiary/aromatic N) is 1. The Labute approximate surface area is 124 Å². The van der Waals surface area contributed by atoms with Gasteiger partial charge in [-0.1, -0.05) is 47.0 Å². The van der Waals surface area contributed by atoms with Crippen molar-refractivity contribution in [1.82, 2.24) is 4.90 Å². The molecule has 1 aliphatic heterocycles. The van der Waals surface area contributed by atoms with E-state index in [2.05, 4.69) is 20.8 Å². The maximum Gasteiger partial charge on any atom is 0.254 e. The molecule has 1 amide bonds. The fourth-order valence-electron chi connectivity index (χ4n) is 2.90. The van der Waals surface area contributed by atoms with Crippen molar-refractivity contribution in [1.29, 1.82) is 0 Å². The van der Waals surface area contributed by atoms with E-state index in [0.717, 1.165) is 41.4 Å². The topological polar surface area (TPSA) is 20.3 Å². The largest absolute Gasteiger partial charge is 0.335 e. The fraction of sp³-hybridized carbons (Fsp3) is 0.562. The Morgan fingerprint density at radius 1 is 1.26 bits per heavy atom. The Balaban J connectivity index is 2.30. The summed E-state index contributed by atoms with van der Waals surface area (Å²) in [5.74, 6) is 0.210. The van der Waals surface area contributed by atoms with Crippen LogP contribution in [0.3, 0.4) is 0 Å². The van der Waals surface area contributed by atoms with Crippen LogP contribution < -0.4 is 0 Å². The summed E-state index contributed by atoms with van der Waals surface area (Å²) >= 11 is 3.57. The molecule has 19 heavy (non-hydrogen) atoms. The third-order valence-corrected chi connectivity index (χ3v) is 4.76. The lowest BCUT2D eigenvalue weighted by Crippen LogP contribution is -2.41. The first-order valence-corrected chi connectivity index (χ1v) is 8.20. The van der Waals surface area contributed by atoms with Crippen molar-refractivity contribution in [2.75, 3.05) is 11.9 Å². The molecule has 0 saturated carbocycles. The number of carbonyl (C=O) groups is 1. The quantitative estimate of drug-likeness (QED) is 0.751. The number of rotatable bonds is 2. The highest BCUT2D eigenvalue weighted by Crippen LogP contribution is 2.23. The molecule has 0 spiro atoms. The zero-order valence-corrected chi connectivity index (χ0v) is 13.4. The number of halogens is 1. The van der Waals surface area contributed by atoms with Crippen molar-refractivity contribution in [3.05, 3.63) is 34.9 Å². The molecule has 2 rings (SSSR count). The SMILES string of the molecule is Cc1cccc(C)c1C(=O)N1CCCCCC1CBr. The van der Waals surface area contributed by atoms with Gasteiger partial charge in [0.2, 0.25) is 0 Å². The van der Waals surface area contributed by atoms with Gasteiger partial charge in [0.25, 0.3) is 5.91 Å². The number of amides is 1. The van der Waals surface area contributed by atoms with Gasteiger partial charge >= 0.3 is 0 Å². The predicted molar refractivity (Wildman–Crippen MR) is 83.0 cm³/mol. The molecule has 0 aromatic heterocycles. The fourth-order valence-corrected chi connectivity index (χ4v) is 3.57. The first kappa shape index (κ1) is 14.6. The van der Waals surface area contributed by atoms with E-state index in [1.54, 1.807) is 0 Å². The summed E-state index contributed by atoms with van der Waals surface area (Å²) in [5, 5.41) is 0.879. The normalized spacial score (nSPS) is 20.2. The standard InChI is InChI=1S/C16H22BrNO/c1-12-7-6-8-13(2)15(12)16(19)18-10-5-3-4-9-14(18)11-17/h6-8,14H,3-5,9-11H2,1-2H3. The van der Waals surface area contributed by atoms with Gasteiger partial charge in [-0.15, -0.1) is 0 Å². The van der Waals surface area contributed by atoms with Gasteiger partial charge < -0.3 is 4.90 Å². The second-order valence-electron chi connectivity index (χ2n) is 5.42. The molecule has 0 radical (unpaired) electrons. The van der Waals surface area contributed by atoms with E-state index in [9.17, 15) is 4.79 Å². The van der Waals surface area contributed by atoms with Crippen LogP contribution in [0.5, 0.6) is 0 Å². The molecule has 1 heterocycles. The highest BCUT2D eigenvalue weighted by atomic mass is 79.9. The lowest BCUT2D eigenvalue weighted by Gasteiger charge is -2.30. The minimum Gasteiger partial charge on any atom is -0.335 e. The van der Waals surface area contributed by atoms with Crippen LogP contribution in [0.2, 0.25) is 0 Å². The summed E-state index contributed by atoms with van der Waals surface area (Å²) < 4.78 is 0. The van der Waals surface area contributed by atoms with E-state index in [1.807, 2.05) is 32.0 Å². The van der Waals surface area contributed by atoms with Crippen LogP contribution >= 0.6 is 15.9 Å². The molecule has 1 atom stereocenters. The number of hydrogen-bond acceptors (Lipinski definition) is 1. The molecule has 1 fully saturated rings. The molecule has 2 nitrogen and oxygen atoms in total. The van der Waals surface area contributed by atoms with Gasteiger partial charge in [0, 0.05) is 23.5 Å². The minimum atomic E-state index is 0.210. The van der Waals surface area contributed by atoms with Crippen LogP contribution in [0.4, 0.5) is 0 Å². The predicted octanol–water partition coefficient (Wildman–Crippen LogP) is 4.08. The second kappa shape index (κ2) is 6.56. The number of aryl methyl sites for hydroxylation is 2. The van der Waals surface area contributed by atoms with E-state index in [-0.39, 0.29) is 5.91 Å². The van der Waals surface area contributed by atoms with Crippen LogP contribution in [0, 0.1) is 13.8 Å². The molecule has 3 heteroatoms. The summed E-state index contributed by atoms with van der Waals surface area (Å²) in [6, 6.07) is 6.42. The molecular formula is C16H22BrNO. The van der Waals surface area contributed by atoms with Crippen LogP contribution in [0.25, 0.3) is 0 Å². The number of benzene rings is 1. The zero-order chi connectivity index (χ0) is 13.8. The summed E-state index contributed by atoms with van der Waals surface area (Å²) in [4.78, 5) is 14.9. The molecular weight excluding hydrogens is 302 g/mol. The van der Waals surface area contributed by atoms with Gasteiger partial charge in [-0.3, -0.25) is 4.79 Å². The smallest absolute Gasteiger partial charge is 0.254 e. The van der Waals surface area contributed by atoms with Gasteiger partial charge in [0.05, 0.1) is 0 Å². The van der Waals surface area contributed by atoms with Crippen molar-refractivity contribution in [3.63, 3.8) is 0 Å². The van der Waals surface area contributed by atoms with Gasteiger partial charge in [-0.05, 0) is 37.8 Å². The van der Waals surface area contributed by atoms with E-state index >= 15 is 0 Å². The van der Waals surface area contributed by atoms with Crippen molar-refractivity contribution in [3.8, 4) is 0 Å². The van der Waals surface area contributed by atoms with E-state index in [4.69, 9.17) is 0 Å². The van der Waals surface area contributed by atoms with Crippen LogP contribution in [0.15, 0.2) is 18.2 Å². The Morgan fingerprint density at radius 3 is 2.58 bits per heavy atom. The Morgan fingerprint density at radius 2 is 1.95 bits per heavy atom. The summed E-state index contributed by atoms with van der Waals surface area (Å²) in [5.41, 5.74) is 3.07. The summed E-state index contributed by atoms with van der Waals surface area (Å²) in [6.45, 7) is 4.95. The molecule has 0 aliphatic carbocycles. The highest BCUT2D eigenvalue weighted by molar-refractivity contribution is 9.09. The van der Waals surface area contributed by atoms with Crippen molar-refractivity contribution >= 4 is 21.8 Å². The number of carbonyl (C=O) groups excluding carboxylic acids is 1. The minimum absolute atomic E-state index is 0.210. The van der Waals surface area contributed by atoms with Crippen LogP contribution in [-0.4, -0.2) is 28.7 Å². The number of likely N-dealkylation sites (tertiary alicyclic amines) is 1. The molecule has 1 aromatic rings. The van der Waals surface area contributed by atoms with E-state index < -0.39 is 0 Å². The lowest BCUT2D eigenvalue weighted by atomic mass is 10.0. The van der Waals surface area contributed by atoms with E-state index in [1.165, 1.54) is 12.8 Å². The third-order valence-electron chi connectivity index (χ3n) is 4.01. The molecule has 1 aliphatic rings. The summed E-state index contributed by atoms with van der Waals surface area (Å²) in [7, 11) is 0. The highest BCUT2D eigenvalue weighted by Gasteiger charge is 2.27. The molecule has 0 bridgehead atoms. The van der Waals surface area contributed by atoms with Crippen LogP contribution in [0.1, 0.15) is 47.2 Å². The Bertz CT molecular complexity index is 438. The average molecular weight is 324 g/mol. The number of hydrogen-bond donors (Lipinski definition) is 0. The Hall–Kier alpha value is -0.830. The van der Waals surface area contributed by atoms with Gasteiger partial charge in [0.15, 0.2) is 0 Å². The molecule has 1 aromatic carbocycles. The monoisotopic (exact) mass is 323 g/mol. The molecule has 0 N–H and O–H groups in total. The summed E-state index contributed by atoms with van der Waals surface area (Å²) in [6.07, 6.45) is 4.70. The number of alkyl halides is 1. The first-order chi connectivity index (χ1) is 9.15. The Kier molecular flexibility index (Phi) is 5.03. The average Bonchev–Trinajstić information content (AvgIpc) is 2.63. The van der Waals surface area contributed by atoms with Crippen molar-refractivity contribution in [2.45, 2.75) is 45.6 Å². The lowest BCUT2D eigenvalue weighted by molar-refractivity contribution is 0.0701. The first-order valence-electron chi connectivity index (χ1n) is 7.08. The molecule has 1 unspecified atom stereocenters. The molecule has 1 saturated heterocycles. The van der Waals surface area contributed by atoms with E-state index in [0.29, 0.717) is 6.04 Å². The second-order valence-corrected chi connectivity index (χ2v) is 6.07.